The number of hydrogen-bond acceptors (Lipinski definition) is 5. The second-order valence-corrected chi connectivity index (χ2v) is 6.50. The quantitative estimate of drug-likeness (QED) is 0.659. The molecule has 0 bridgehead atoms. The molecule has 3 rings (SSSR count). The van der Waals surface area contributed by atoms with E-state index < -0.39 is 0 Å². The van der Waals surface area contributed by atoms with E-state index in [9.17, 15) is 0 Å². The molecular formula is C18H18BrN5. The largest absolute Gasteiger partial charge is 0.339 e. The monoisotopic (exact) mass is 383 g/mol. The molecule has 122 valence electrons. The Hall–Kier alpha value is -2.47. The van der Waals surface area contributed by atoms with Crippen LogP contribution in [0.4, 0.5) is 23.1 Å². The van der Waals surface area contributed by atoms with Crippen molar-refractivity contribution in [3.63, 3.8) is 0 Å². The van der Waals surface area contributed by atoms with Gasteiger partial charge in [0.1, 0.15) is 0 Å². The summed E-state index contributed by atoms with van der Waals surface area (Å²) >= 11 is 3.50. The molecule has 5 nitrogen and oxygen atoms in total. The smallest absolute Gasteiger partial charge is 0.249 e. The van der Waals surface area contributed by atoms with E-state index in [1.54, 1.807) is 6.20 Å². The first-order valence-corrected chi connectivity index (χ1v) is 8.38. The van der Waals surface area contributed by atoms with Gasteiger partial charge in [0.2, 0.25) is 5.95 Å². The number of halogens is 1. The minimum absolute atomic E-state index is 0.464. The summed E-state index contributed by atoms with van der Waals surface area (Å²) in [6.45, 7) is 6.15. The maximum Gasteiger partial charge on any atom is 0.249 e. The van der Waals surface area contributed by atoms with Crippen molar-refractivity contribution in [1.82, 2.24) is 15.2 Å². The van der Waals surface area contributed by atoms with Crippen LogP contribution < -0.4 is 10.6 Å². The Morgan fingerprint density at radius 2 is 1.67 bits per heavy atom. The molecule has 0 saturated carbocycles. The first-order chi connectivity index (χ1) is 11.5. The second kappa shape index (κ2) is 6.97. The van der Waals surface area contributed by atoms with Crippen molar-refractivity contribution in [2.24, 2.45) is 0 Å². The fourth-order valence-corrected chi connectivity index (χ4v) is 2.66. The molecule has 0 radical (unpaired) electrons. The molecule has 0 spiro atoms. The summed E-state index contributed by atoms with van der Waals surface area (Å²) in [4.78, 5) is 4.49. The third-order valence-electron chi connectivity index (χ3n) is 3.71. The van der Waals surface area contributed by atoms with E-state index >= 15 is 0 Å². The number of aromatic nitrogens is 3. The van der Waals surface area contributed by atoms with Gasteiger partial charge in [-0.3, -0.25) is 0 Å². The molecule has 24 heavy (non-hydrogen) atoms. The molecule has 2 aromatic carbocycles. The van der Waals surface area contributed by atoms with Gasteiger partial charge in [0.05, 0.1) is 6.20 Å². The van der Waals surface area contributed by atoms with Gasteiger partial charge < -0.3 is 10.6 Å². The number of nitrogens with one attached hydrogen (secondary N) is 2. The van der Waals surface area contributed by atoms with Crippen molar-refractivity contribution in [3.8, 4) is 0 Å². The average Bonchev–Trinajstić information content (AvgIpc) is 2.55. The molecule has 0 unspecified atom stereocenters. The Kier molecular flexibility index (Phi) is 4.76. The zero-order chi connectivity index (χ0) is 17.1. The van der Waals surface area contributed by atoms with E-state index in [2.05, 4.69) is 67.7 Å². The fraction of sp³-hybridized carbons (Fsp3) is 0.167. The molecule has 0 aliphatic rings. The van der Waals surface area contributed by atoms with Gasteiger partial charge in [0, 0.05) is 15.8 Å². The minimum Gasteiger partial charge on any atom is -0.339 e. The van der Waals surface area contributed by atoms with E-state index in [1.807, 2.05) is 31.2 Å². The molecule has 0 aliphatic heterocycles. The van der Waals surface area contributed by atoms with Crippen LogP contribution in [0.3, 0.4) is 0 Å². The molecule has 0 amide bonds. The van der Waals surface area contributed by atoms with Crippen LogP contribution in [0.5, 0.6) is 0 Å². The Morgan fingerprint density at radius 1 is 0.917 bits per heavy atom. The Bertz CT molecular complexity index is 859. The predicted octanol–water partition coefficient (Wildman–Crippen LogP) is 5.05. The number of hydrogen-bond donors (Lipinski definition) is 2. The van der Waals surface area contributed by atoms with Crippen LogP contribution >= 0.6 is 15.9 Å². The number of rotatable bonds is 4. The number of anilines is 4. The molecule has 6 heteroatoms. The molecule has 0 atom stereocenters. The lowest BCUT2D eigenvalue weighted by atomic mass is 10.1. The third kappa shape index (κ3) is 3.71. The zero-order valence-electron chi connectivity index (χ0n) is 13.8. The summed E-state index contributed by atoms with van der Waals surface area (Å²) < 4.78 is 1.08. The van der Waals surface area contributed by atoms with Gasteiger partial charge in [0.25, 0.3) is 0 Å². The van der Waals surface area contributed by atoms with Gasteiger partial charge in [-0.2, -0.15) is 10.1 Å². The zero-order valence-corrected chi connectivity index (χ0v) is 15.3. The third-order valence-corrected chi connectivity index (χ3v) is 4.60. The molecule has 0 fully saturated rings. The van der Waals surface area contributed by atoms with E-state index in [1.165, 1.54) is 0 Å². The maximum absolute atomic E-state index is 4.49. The van der Waals surface area contributed by atoms with Crippen molar-refractivity contribution in [3.05, 3.63) is 63.8 Å². The predicted molar refractivity (Wildman–Crippen MR) is 101 cm³/mol. The molecule has 0 aliphatic carbocycles. The first-order valence-electron chi connectivity index (χ1n) is 7.59. The van der Waals surface area contributed by atoms with E-state index in [-0.39, 0.29) is 0 Å². The van der Waals surface area contributed by atoms with Gasteiger partial charge in [0.15, 0.2) is 5.82 Å². The van der Waals surface area contributed by atoms with Crippen molar-refractivity contribution in [2.75, 3.05) is 10.6 Å². The van der Waals surface area contributed by atoms with Crippen LogP contribution in [-0.4, -0.2) is 15.2 Å². The summed E-state index contributed by atoms with van der Waals surface area (Å²) in [5.41, 5.74) is 5.39. The standard InChI is InChI=1S/C18H18BrN5/c1-11-5-4-6-12(2)17(11)23-18-22-16(10-20-24-18)21-14-7-8-15(19)13(3)9-14/h4-10H,1-3H3,(H2,21,22,23,24). The topological polar surface area (TPSA) is 62.7 Å². The molecular weight excluding hydrogens is 366 g/mol. The van der Waals surface area contributed by atoms with Crippen molar-refractivity contribution in [1.29, 1.82) is 0 Å². The average molecular weight is 384 g/mol. The lowest BCUT2D eigenvalue weighted by Crippen LogP contribution is -2.04. The van der Waals surface area contributed by atoms with Crippen LogP contribution in [0.25, 0.3) is 0 Å². The van der Waals surface area contributed by atoms with Crippen LogP contribution in [0.1, 0.15) is 16.7 Å². The normalized spacial score (nSPS) is 10.5. The lowest BCUT2D eigenvalue weighted by molar-refractivity contribution is 0.981. The van der Waals surface area contributed by atoms with Crippen LogP contribution in [0.2, 0.25) is 0 Å². The fourth-order valence-electron chi connectivity index (χ4n) is 2.41. The number of aryl methyl sites for hydroxylation is 3. The number of para-hydroxylation sites is 1. The van der Waals surface area contributed by atoms with Crippen molar-refractivity contribution in [2.45, 2.75) is 20.8 Å². The number of nitrogens with zero attached hydrogens (tertiary/aromatic N) is 3. The van der Waals surface area contributed by atoms with E-state index in [0.717, 1.165) is 32.5 Å². The highest BCUT2D eigenvalue weighted by atomic mass is 79.9. The lowest BCUT2D eigenvalue weighted by Gasteiger charge is -2.12. The summed E-state index contributed by atoms with van der Waals surface area (Å²) in [7, 11) is 0. The Balaban J connectivity index is 1.82. The highest BCUT2D eigenvalue weighted by molar-refractivity contribution is 9.10. The first kappa shape index (κ1) is 16.4. The van der Waals surface area contributed by atoms with Gasteiger partial charge in [-0.05, 0) is 55.7 Å². The molecule has 2 N–H and O–H groups in total. The Labute approximate surface area is 149 Å². The highest BCUT2D eigenvalue weighted by Crippen LogP contribution is 2.24. The van der Waals surface area contributed by atoms with Gasteiger partial charge in [-0.15, -0.1) is 5.10 Å². The summed E-state index contributed by atoms with van der Waals surface area (Å²) in [5, 5.41) is 14.6. The SMILES string of the molecule is Cc1cc(Nc2cnnc(Nc3c(C)cccc3C)n2)ccc1Br. The molecule has 0 saturated heterocycles. The second-order valence-electron chi connectivity index (χ2n) is 5.65. The van der Waals surface area contributed by atoms with Gasteiger partial charge in [-0.1, -0.05) is 34.1 Å². The maximum atomic E-state index is 4.49. The van der Waals surface area contributed by atoms with Crippen LogP contribution in [0.15, 0.2) is 47.1 Å². The van der Waals surface area contributed by atoms with Crippen molar-refractivity contribution < 1.29 is 0 Å². The molecule has 1 heterocycles. The summed E-state index contributed by atoms with van der Waals surface area (Å²) in [5.74, 6) is 1.10. The van der Waals surface area contributed by atoms with Gasteiger partial charge in [-0.25, -0.2) is 0 Å². The highest BCUT2D eigenvalue weighted by Gasteiger charge is 2.06. The van der Waals surface area contributed by atoms with Crippen LogP contribution in [0, 0.1) is 20.8 Å². The summed E-state index contributed by atoms with van der Waals surface area (Å²) in [6.07, 6.45) is 1.60. The van der Waals surface area contributed by atoms with Crippen LogP contribution in [-0.2, 0) is 0 Å². The van der Waals surface area contributed by atoms with Crippen molar-refractivity contribution >= 4 is 39.1 Å². The Morgan fingerprint density at radius 3 is 2.38 bits per heavy atom. The van der Waals surface area contributed by atoms with E-state index in [0.29, 0.717) is 11.8 Å². The molecule has 1 aromatic heterocycles. The number of benzene rings is 2. The van der Waals surface area contributed by atoms with E-state index in [4.69, 9.17) is 0 Å². The van der Waals surface area contributed by atoms with Gasteiger partial charge >= 0.3 is 0 Å². The molecule has 3 aromatic rings. The minimum atomic E-state index is 0.464. The summed E-state index contributed by atoms with van der Waals surface area (Å²) in [6, 6.07) is 12.2.